The summed E-state index contributed by atoms with van der Waals surface area (Å²) in [5.74, 6) is -0.283. The molecule has 6 heteroatoms. The summed E-state index contributed by atoms with van der Waals surface area (Å²) in [5, 5.41) is 6.29. The predicted octanol–water partition coefficient (Wildman–Crippen LogP) is 5.23. The Morgan fingerprint density at radius 3 is 2.35 bits per heavy atom. The van der Waals surface area contributed by atoms with Gasteiger partial charge in [0.15, 0.2) is 0 Å². The molecule has 0 aromatic heterocycles. The third-order valence-electron chi connectivity index (χ3n) is 3.49. The van der Waals surface area contributed by atoms with Gasteiger partial charge in [-0.2, -0.15) is 0 Å². The molecule has 0 aliphatic heterocycles. The Hall–Kier alpha value is -1.78. The van der Waals surface area contributed by atoms with E-state index in [1.807, 2.05) is 13.8 Å². The van der Waals surface area contributed by atoms with Gasteiger partial charge in [0.25, 0.3) is 0 Å². The highest BCUT2D eigenvalue weighted by atomic mass is 35.5. The van der Waals surface area contributed by atoms with Gasteiger partial charge < -0.3 is 10.6 Å². The van der Waals surface area contributed by atoms with Crippen molar-refractivity contribution >= 4 is 34.9 Å². The van der Waals surface area contributed by atoms with Crippen LogP contribution in [0, 0.1) is 5.82 Å². The summed E-state index contributed by atoms with van der Waals surface area (Å²) in [6, 6.07) is 10.8. The quantitative estimate of drug-likeness (QED) is 0.775. The van der Waals surface area contributed by atoms with Crippen molar-refractivity contribution in [3.63, 3.8) is 0 Å². The third-order valence-corrected chi connectivity index (χ3v) is 4.23. The lowest BCUT2D eigenvalue weighted by molar-refractivity contribution is 0.249. The average molecular weight is 355 g/mol. The van der Waals surface area contributed by atoms with Gasteiger partial charge in [-0.15, -0.1) is 0 Å². The van der Waals surface area contributed by atoms with Crippen molar-refractivity contribution in [1.29, 1.82) is 0 Å². The number of amides is 2. The zero-order valence-electron chi connectivity index (χ0n) is 12.8. The maximum absolute atomic E-state index is 13.0. The van der Waals surface area contributed by atoms with E-state index in [2.05, 4.69) is 10.6 Å². The lowest BCUT2D eigenvalue weighted by Gasteiger charge is -2.25. The van der Waals surface area contributed by atoms with Crippen LogP contribution in [0.15, 0.2) is 42.5 Å². The van der Waals surface area contributed by atoms with E-state index in [1.54, 1.807) is 30.3 Å². The minimum absolute atomic E-state index is 0.283. The Balaban J connectivity index is 1.95. The molecule has 0 heterocycles. The van der Waals surface area contributed by atoms with Crippen LogP contribution >= 0.6 is 23.2 Å². The summed E-state index contributed by atoms with van der Waals surface area (Å²) in [7, 11) is 0. The second-order valence-corrected chi connectivity index (χ2v) is 6.64. The van der Waals surface area contributed by atoms with Crippen molar-refractivity contribution in [3.05, 3.63) is 63.9 Å². The summed E-state index contributed by atoms with van der Waals surface area (Å²) >= 11 is 11.7. The van der Waals surface area contributed by atoms with Gasteiger partial charge in [0.05, 0.1) is 10.0 Å². The van der Waals surface area contributed by atoms with Crippen molar-refractivity contribution in [3.8, 4) is 0 Å². The summed E-state index contributed by atoms with van der Waals surface area (Å²) in [6.45, 7) is 4.34. The molecule has 3 nitrogen and oxygen atoms in total. The maximum atomic E-state index is 13.0. The van der Waals surface area contributed by atoms with Crippen LogP contribution in [0.4, 0.5) is 14.9 Å². The molecule has 0 fully saturated rings. The molecule has 23 heavy (non-hydrogen) atoms. The molecule has 0 atom stereocenters. The number of benzene rings is 2. The molecule has 0 spiro atoms. The highest BCUT2D eigenvalue weighted by molar-refractivity contribution is 6.42. The topological polar surface area (TPSA) is 41.1 Å². The van der Waals surface area contributed by atoms with E-state index < -0.39 is 0 Å². The predicted molar refractivity (Wildman–Crippen MR) is 92.9 cm³/mol. The van der Waals surface area contributed by atoms with Crippen molar-refractivity contribution in [2.24, 2.45) is 0 Å². The lowest BCUT2D eigenvalue weighted by atomic mass is 9.84. The minimum atomic E-state index is -0.349. The fourth-order valence-electron chi connectivity index (χ4n) is 2.05. The Kier molecular flexibility index (Phi) is 5.50. The van der Waals surface area contributed by atoms with Crippen molar-refractivity contribution < 1.29 is 9.18 Å². The van der Waals surface area contributed by atoms with E-state index in [0.29, 0.717) is 22.3 Å². The zero-order valence-corrected chi connectivity index (χ0v) is 14.3. The Labute approximate surface area is 144 Å². The second kappa shape index (κ2) is 7.20. The Bertz CT molecular complexity index is 702. The largest absolute Gasteiger partial charge is 0.337 e. The van der Waals surface area contributed by atoms with Crippen molar-refractivity contribution in [2.45, 2.75) is 19.3 Å². The van der Waals surface area contributed by atoms with Gasteiger partial charge in [-0.25, -0.2) is 9.18 Å². The maximum Gasteiger partial charge on any atom is 0.319 e. The van der Waals surface area contributed by atoms with Gasteiger partial charge >= 0.3 is 6.03 Å². The highest BCUT2D eigenvalue weighted by Crippen LogP contribution is 2.25. The molecule has 2 amide bonds. The molecule has 2 N–H and O–H groups in total. The summed E-state index contributed by atoms with van der Waals surface area (Å²) < 4.78 is 13.0. The number of anilines is 1. The van der Waals surface area contributed by atoms with E-state index in [0.717, 1.165) is 5.56 Å². The summed E-state index contributed by atoms with van der Waals surface area (Å²) in [5.41, 5.74) is 1.16. The Morgan fingerprint density at radius 2 is 1.74 bits per heavy atom. The van der Waals surface area contributed by atoms with Crippen LogP contribution in [-0.4, -0.2) is 12.6 Å². The monoisotopic (exact) mass is 354 g/mol. The average Bonchev–Trinajstić information content (AvgIpc) is 2.50. The molecule has 2 aromatic carbocycles. The number of hydrogen-bond donors (Lipinski definition) is 2. The number of halogens is 3. The van der Waals surface area contributed by atoms with Crippen molar-refractivity contribution in [1.82, 2.24) is 5.32 Å². The molecule has 122 valence electrons. The van der Waals surface area contributed by atoms with E-state index in [1.165, 1.54) is 12.1 Å². The molecular weight excluding hydrogens is 338 g/mol. The van der Waals surface area contributed by atoms with Crippen LogP contribution in [0.5, 0.6) is 0 Å². The fraction of sp³-hybridized carbons (Fsp3) is 0.235. The van der Waals surface area contributed by atoms with Crippen LogP contribution in [0.2, 0.25) is 10.0 Å². The van der Waals surface area contributed by atoms with Gasteiger partial charge in [0.2, 0.25) is 0 Å². The standard InChI is InChI=1S/C17H17Cl2FN2O/c1-17(2,11-3-5-12(20)6-4-11)10-21-16(23)22-13-7-8-14(18)15(19)9-13/h3-9H,10H2,1-2H3,(H2,21,22,23). The Morgan fingerprint density at radius 1 is 1.09 bits per heavy atom. The van der Waals surface area contributed by atoms with Crippen LogP contribution in [0.1, 0.15) is 19.4 Å². The van der Waals surface area contributed by atoms with Crippen LogP contribution < -0.4 is 10.6 Å². The number of nitrogens with one attached hydrogen (secondary N) is 2. The first kappa shape index (κ1) is 17.6. The molecule has 0 saturated carbocycles. The number of carbonyl (C=O) groups is 1. The van der Waals surface area contributed by atoms with Crippen LogP contribution in [0.3, 0.4) is 0 Å². The molecule has 0 bridgehead atoms. The van der Waals surface area contributed by atoms with Crippen LogP contribution in [0.25, 0.3) is 0 Å². The molecular formula is C17H17Cl2FN2O. The molecule has 0 unspecified atom stereocenters. The smallest absolute Gasteiger partial charge is 0.319 e. The van der Waals surface area contributed by atoms with E-state index in [9.17, 15) is 9.18 Å². The number of carbonyl (C=O) groups excluding carboxylic acids is 1. The number of urea groups is 1. The molecule has 2 rings (SSSR count). The first-order valence-electron chi connectivity index (χ1n) is 7.04. The molecule has 2 aromatic rings. The van der Waals surface area contributed by atoms with Gasteiger partial charge in [-0.1, -0.05) is 49.2 Å². The summed E-state index contributed by atoms with van der Waals surface area (Å²) in [6.07, 6.45) is 0. The van der Waals surface area contributed by atoms with Gasteiger partial charge in [-0.3, -0.25) is 0 Å². The van der Waals surface area contributed by atoms with E-state index in [-0.39, 0.29) is 17.3 Å². The third kappa shape index (κ3) is 4.85. The number of rotatable bonds is 4. The SMILES string of the molecule is CC(C)(CNC(=O)Nc1ccc(Cl)c(Cl)c1)c1ccc(F)cc1. The van der Waals surface area contributed by atoms with E-state index >= 15 is 0 Å². The van der Waals surface area contributed by atoms with Crippen molar-refractivity contribution in [2.75, 3.05) is 11.9 Å². The molecule has 0 saturated heterocycles. The second-order valence-electron chi connectivity index (χ2n) is 5.83. The minimum Gasteiger partial charge on any atom is -0.337 e. The summed E-state index contributed by atoms with van der Waals surface area (Å²) in [4.78, 5) is 12.0. The first-order chi connectivity index (χ1) is 10.8. The fourth-order valence-corrected chi connectivity index (χ4v) is 2.35. The normalized spacial score (nSPS) is 11.2. The molecule has 0 aliphatic rings. The van der Waals surface area contributed by atoms with E-state index in [4.69, 9.17) is 23.2 Å². The lowest BCUT2D eigenvalue weighted by Crippen LogP contribution is -2.38. The molecule has 0 radical (unpaired) electrons. The highest BCUT2D eigenvalue weighted by Gasteiger charge is 2.21. The van der Waals surface area contributed by atoms with Gasteiger partial charge in [0, 0.05) is 17.6 Å². The molecule has 0 aliphatic carbocycles. The van der Waals surface area contributed by atoms with Crippen LogP contribution in [-0.2, 0) is 5.41 Å². The van der Waals surface area contributed by atoms with Gasteiger partial charge in [0.1, 0.15) is 5.82 Å². The first-order valence-corrected chi connectivity index (χ1v) is 7.79. The zero-order chi connectivity index (χ0) is 17.0. The van der Waals surface area contributed by atoms with Gasteiger partial charge in [-0.05, 0) is 35.9 Å². The number of hydrogen-bond acceptors (Lipinski definition) is 1.